The highest BCUT2D eigenvalue weighted by molar-refractivity contribution is 5.44. The Hall–Kier alpha value is -5.54. The summed E-state index contributed by atoms with van der Waals surface area (Å²) in [6.45, 7) is 0.118. The van der Waals surface area contributed by atoms with E-state index in [0.29, 0.717) is 0 Å². The largest absolute Gasteiger partial charge is 0.392 e. The first-order valence-electron chi connectivity index (χ1n) is 18.4. The Kier molecular flexibility index (Phi) is 11.5. The van der Waals surface area contributed by atoms with E-state index in [9.17, 15) is 10.2 Å². The second kappa shape index (κ2) is 17.1. The lowest BCUT2D eigenvalue weighted by molar-refractivity contribution is 0.280. The van der Waals surface area contributed by atoms with E-state index < -0.39 is 0 Å². The van der Waals surface area contributed by atoms with Crippen molar-refractivity contribution in [2.24, 2.45) is 0 Å². The molecule has 7 rings (SSSR count). The third-order valence-electron chi connectivity index (χ3n) is 10.4. The van der Waals surface area contributed by atoms with E-state index in [1.807, 2.05) is 24.3 Å². The van der Waals surface area contributed by atoms with Gasteiger partial charge in [0.2, 0.25) is 0 Å². The van der Waals surface area contributed by atoms with Gasteiger partial charge in [-0.05, 0) is 116 Å². The van der Waals surface area contributed by atoms with Crippen LogP contribution in [0.15, 0.2) is 170 Å². The van der Waals surface area contributed by atoms with Gasteiger partial charge in [-0.3, -0.25) is 0 Å². The second-order valence-corrected chi connectivity index (χ2v) is 13.8. The Morgan fingerprint density at radius 2 is 0.385 bits per heavy atom. The molecule has 0 heterocycles. The van der Waals surface area contributed by atoms with Crippen LogP contribution in [0.1, 0.15) is 77.9 Å². The zero-order valence-electron chi connectivity index (χ0n) is 29.7. The summed E-state index contributed by atoms with van der Waals surface area (Å²) in [6.07, 6.45) is 5.15. The maximum atomic E-state index is 9.89. The minimum absolute atomic E-state index is 0.0591. The lowest BCUT2D eigenvalue weighted by Crippen LogP contribution is -2.03. The molecular formula is C50H46O2. The molecular weight excluding hydrogens is 633 g/mol. The summed E-state index contributed by atoms with van der Waals surface area (Å²) in [5, 5.41) is 19.8. The van der Waals surface area contributed by atoms with Gasteiger partial charge in [-0.1, -0.05) is 170 Å². The quantitative estimate of drug-likeness (QED) is 0.120. The number of benzene rings is 7. The van der Waals surface area contributed by atoms with Gasteiger partial charge in [-0.15, -0.1) is 0 Å². The van der Waals surface area contributed by atoms with Crippen molar-refractivity contribution >= 4 is 0 Å². The summed E-state index contributed by atoms with van der Waals surface area (Å²) in [7, 11) is 0. The topological polar surface area (TPSA) is 40.5 Å². The van der Waals surface area contributed by atoms with Crippen LogP contribution in [0.5, 0.6) is 0 Å². The van der Waals surface area contributed by atoms with Gasteiger partial charge in [0.1, 0.15) is 0 Å². The molecule has 258 valence electrons. The molecule has 2 heteroatoms. The molecule has 0 aliphatic carbocycles. The summed E-state index contributed by atoms with van der Waals surface area (Å²) in [4.78, 5) is 0. The molecule has 2 N–H and O–H groups in total. The molecule has 0 spiro atoms. The third-order valence-corrected chi connectivity index (χ3v) is 10.4. The van der Waals surface area contributed by atoms with E-state index in [2.05, 4.69) is 146 Å². The molecule has 0 fully saturated rings. The average molecular weight is 679 g/mol. The summed E-state index contributed by atoms with van der Waals surface area (Å²) < 4.78 is 0. The molecule has 0 aromatic heterocycles. The molecule has 0 aliphatic heterocycles. The van der Waals surface area contributed by atoms with Crippen LogP contribution >= 0.6 is 0 Å². The third kappa shape index (κ3) is 8.66. The van der Waals surface area contributed by atoms with Crippen molar-refractivity contribution in [1.29, 1.82) is 0 Å². The maximum absolute atomic E-state index is 9.89. The van der Waals surface area contributed by atoms with Gasteiger partial charge in [-0.2, -0.15) is 0 Å². The van der Waals surface area contributed by atoms with Crippen molar-refractivity contribution in [1.82, 2.24) is 0 Å². The Morgan fingerprint density at radius 3 is 0.596 bits per heavy atom. The first kappa shape index (κ1) is 34.9. The molecule has 0 radical (unpaired) electrons. The van der Waals surface area contributed by atoms with E-state index in [1.165, 1.54) is 66.8 Å². The van der Waals surface area contributed by atoms with Crippen LogP contribution in [0.4, 0.5) is 0 Å². The first-order valence-corrected chi connectivity index (χ1v) is 18.4. The van der Waals surface area contributed by atoms with E-state index in [0.717, 1.165) is 49.7 Å². The van der Waals surface area contributed by atoms with Gasteiger partial charge in [0, 0.05) is 0 Å². The molecule has 52 heavy (non-hydrogen) atoms. The van der Waals surface area contributed by atoms with Gasteiger partial charge in [0.15, 0.2) is 0 Å². The Labute approximate surface area is 308 Å². The molecule has 0 aliphatic rings. The Bertz CT molecular complexity index is 2070. The lowest BCUT2D eigenvalue weighted by Gasteiger charge is -2.15. The summed E-state index contributed by atoms with van der Waals surface area (Å²) in [6, 6.07) is 60.6. The number of rotatable bonds is 14. The van der Waals surface area contributed by atoms with Crippen molar-refractivity contribution in [2.45, 2.75) is 51.7 Å². The molecule has 7 aromatic rings. The number of aliphatic hydroxyl groups is 2. The van der Waals surface area contributed by atoms with Crippen LogP contribution in [-0.2, 0) is 51.7 Å². The normalized spacial score (nSPS) is 11.1. The van der Waals surface area contributed by atoms with E-state index in [1.54, 1.807) is 0 Å². The highest BCUT2D eigenvalue weighted by Gasteiger charge is 2.12. The van der Waals surface area contributed by atoms with Crippen LogP contribution in [0.3, 0.4) is 0 Å². The number of hydrogen-bond donors (Lipinski definition) is 2. The fraction of sp³-hybridized carbons (Fsp3) is 0.160. The standard InChI is InChI=1S/C50H46O2/c51-35-49-23-11-9-21-47(49)33-45-19-7-5-17-43(45)31-41-15-3-1-13-39(41)29-37-25-27-38(28-26-37)30-40-14-2-4-16-42(40)32-44-18-6-8-20-46(44)34-48-22-10-12-24-50(48)36-52/h1-28,51-52H,29-36H2. The molecule has 0 atom stereocenters. The Morgan fingerprint density at radius 1 is 0.212 bits per heavy atom. The maximum Gasteiger partial charge on any atom is 0.0684 e. The van der Waals surface area contributed by atoms with E-state index >= 15 is 0 Å². The predicted molar refractivity (Wildman–Crippen MR) is 214 cm³/mol. The Balaban J connectivity index is 1.04. The van der Waals surface area contributed by atoms with Gasteiger partial charge < -0.3 is 10.2 Å². The predicted octanol–water partition coefficient (Wildman–Crippen LogP) is 10.2. The molecule has 0 saturated carbocycles. The first-order chi connectivity index (χ1) is 25.7. The number of aliphatic hydroxyl groups excluding tert-OH is 2. The van der Waals surface area contributed by atoms with Crippen molar-refractivity contribution < 1.29 is 10.2 Å². The highest BCUT2D eigenvalue weighted by Crippen LogP contribution is 2.26. The van der Waals surface area contributed by atoms with Crippen molar-refractivity contribution in [3.63, 3.8) is 0 Å². The van der Waals surface area contributed by atoms with E-state index in [4.69, 9.17) is 0 Å². The van der Waals surface area contributed by atoms with Crippen LogP contribution in [0, 0.1) is 0 Å². The summed E-state index contributed by atoms with van der Waals surface area (Å²) in [5.74, 6) is 0. The molecule has 0 bridgehead atoms. The molecule has 2 nitrogen and oxygen atoms in total. The van der Waals surface area contributed by atoms with Crippen molar-refractivity contribution in [3.05, 3.63) is 248 Å². The zero-order chi connectivity index (χ0) is 35.5. The number of hydrogen-bond acceptors (Lipinski definition) is 2. The highest BCUT2D eigenvalue weighted by atomic mass is 16.3. The fourth-order valence-electron chi connectivity index (χ4n) is 7.41. The molecule has 7 aromatic carbocycles. The van der Waals surface area contributed by atoms with Gasteiger partial charge in [0.25, 0.3) is 0 Å². The van der Waals surface area contributed by atoms with Gasteiger partial charge >= 0.3 is 0 Å². The SMILES string of the molecule is OCc1ccccc1Cc1ccccc1Cc1ccccc1Cc1ccc(Cc2ccccc2Cc2ccccc2Cc2ccccc2CO)cc1. The molecule has 0 amide bonds. The van der Waals surface area contributed by atoms with Crippen LogP contribution < -0.4 is 0 Å². The monoisotopic (exact) mass is 678 g/mol. The molecule has 0 unspecified atom stereocenters. The van der Waals surface area contributed by atoms with Crippen LogP contribution in [0.2, 0.25) is 0 Å². The van der Waals surface area contributed by atoms with Gasteiger partial charge in [-0.25, -0.2) is 0 Å². The minimum atomic E-state index is 0.0591. The van der Waals surface area contributed by atoms with Crippen molar-refractivity contribution in [3.8, 4) is 0 Å². The smallest absolute Gasteiger partial charge is 0.0684 e. The van der Waals surface area contributed by atoms with Crippen LogP contribution in [-0.4, -0.2) is 10.2 Å². The van der Waals surface area contributed by atoms with Gasteiger partial charge in [0.05, 0.1) is 13.2 Å². The van der Waals surface area contributed by atoms with E-state index in [-0.39, 0.29) is 13.2 Å². The second-order valence-electron chi connectivity index (χ2n) is 13.8. The fourth-order valence-corrected chi connectivity index (χ4v) is 7.41. The molecule has 0 saturated heterocycles. The summed E-state index contributed by atoms with van der Waals surface area (Å²) in [5.41, 5.74) is 17.6. The van der Waals surface area contributed by atoms with Crippen molar-refractivity contribution in [2.75, 3.05) is 0 Å². The zero-order valence-corrected chi connectivity index (χ0v) is 29.7. The van der Waals surface area contributed by atoms with Crippen LogP contribution in [0.25, 0.3) is 0 Å². The average Bonchev–Trinajstić information content (AvgIpc) is 3.19. The minimum Gasteiger partial charge on any atom is -0.392 e. The lowest BCUT2D eigenvalue weighted by atomic mass is 9.90. The summed E-state index contributed by atoms with van der Waals surface area (Å²) >= 11 is 0.